The Bertz CT molecular complexity index is 341. The smallest absolute Gasteiger partial charge is 0.759 e. The number of hydrogen-bond acceptors (Lipinski definition) is 12. The molecule has 17 heavy (non-hydrogen) atoms. The van der Waals surface area contributed by atoms with Crippen molar-refractivity contribution in [2.45, 2.75) is 0 Å². The van der Waals surface area contributed by atoms with Crippen LogP contribution >= 0.6 is 0 Å². The predicted molar refractivity (Wildman–Crippen MR) is 31.4 cm³/mol. The standard InChI is InChI=1S/2Na.3H2O4S/c;;3*1-5(2,3)4/h;;3*(H2,1,2,3,4)/q2*+1;;;/p-6. The molecular formula is Na2O12S3-4. The molecule has 0 aliphatic carbocycles. The van der Waals surface area contributed by atoms with Crippen molar-refractivity contribution >= 4 is 31.2 Å². The summed E-state index contributed by atoms with van der Waals surface area (Å²) in [6.45, 7) is 0. The van der Waals surface area contributed by atoms with E-state index in [1.54, 1.807) is 0 Å². The molecule has 0 saturated heterocycles. The molecule has 0 aromatic carbocycles. The van der Waals surface area contributed by atoms with E-state index in [1.165, 1.54) is 0 Å². The molecular weight excluding hydrogens is 334 g/mol. The maximum atomic E-state index is 8.52. The predicted octanol–water partition coefficient (Wildman–Crippen LogP) is -10.0. The van der Waals surface area contributed by atoms with E-state index < -0.39 is 31.2 Å². The second-order valence-electron chi connectivity index (χ2n) is 1.22. The average molecular weight is 334 g/mol. The van der Waals surface area contributed by atoms with Crippen LogP contribution < -0.4 is 59.1 Å². The molecule has 0 amide bonds. The summed E-state index contributed by atoms with van der Waals surface area (Å²) in [6, 6.07) is 0. The second kappa shape index (κ2) is 12.6. The quantitative estimate of drug-likeness (QED) is 0.227. The summed E-state index contributed by atoms with van der Waals surface area (Å²) < 4.78 is 102. The van der Waals surface area contributed by atoms with Crippen molar-refractivity contribution < 1.29 is 112 Å². The van der Waals surface area contributed by atoms with Gasteiger partial charge in [-0.2, -0.15) is 0 Å². The topological polar surface area (TPSA) is 241 Å². The van der Waals surface area contributed by atoms with Gasteiger partial charge >= 0.3 is 59.1 Å². The van der Waals surface area contributed by atoms with Gasteiger partial charge in [-0.15, -0.1) is 0 Å². The van der Waals surface area contributed by atoms with Gasteiger partial charge in [0.1, 0.15) is 0 Å². The summed E-state index contributed by atoms with van der Waals surface area (Å²) in [6.07, 6.45) is 0. The molecule has 0 saturated carbocycles. The molecule has 17 heteroatoms. The van der Waals surface area contributed by atoms with Gasteiger partial charge in [-0.1, -0.05) is 0 Å². The van der Waals surface area contributed by atoms with Crippen LogP contribution in [0.5, 0.6) is 0 Å². The van der Waals surface area contributed by atoms with E-state index >= 15 is 0 Å². The van der Waals surface area contributed by atoms with Crippen LogP contribution in [0.1, 0.15) is 0 Å². The van der Waals surface area contributed by atoms with Gasteiger partial charge in [0.05, 0.1) is 0 Å². The van der Waals surface area contributed by atoms with Crippen LogP contribution in [0.3, 0.4) is 0 Å². The van der Waals surface area contributed by atoms with E-state index in [0.29, 0.717) is 0 Å². The van der Waals surface area contributed by atoms with Gasteiger partial charge in [0.2, 0.25) is 0 Å². The van der Waals surface area contributed by atoms with Gasteiger partial charge < -0.3 is 27.3 Å². The van der Waals surface area contributed by atoms with Crippen LogP contribution in [-0.4, -0.2) is 52.6 Å². The van der Waals surface area contributed by atoms with Crippen molar-refractivity contribution in [3.8, 4) is 0 Å². The van der Waals surface area contributed by atoms with E-state index in [9.17, 15) is 0 Å². The van der Waals surface area contributed by atoms with E-state index in [0.717, 1.165) is 0 Å². The Morgan fingerprint density at radius 1 is 0.412 bits per heavy atom. The molecule has 0 radical (unpaired) electrons. The van der Waals surface area contributed by atoms with Crippen LogP contribution in [0.15, 0.2) is 0 Å². The minimum absolute atomic E-state index is 0. The molecule has 0 bridgehead atoms. The molecule has 0 aliphatic rings. The summed E-state index contributed by atoms with van der Waals surface area (Å²) in [5, 5.41) is 0. The van der Waals surface area contributed by atoms with Gasteiger partial charge in [-0.05, 0) is 0 Å². The van der Waals surface area contributed by atoms with E-state index in [1.807, 2.05) is 0 Å². The third kappa shape index (κ3) is 1660. The molecule has 0 N–H and O–H groups in total. The van der Waals surface area contributed by atoms with E-state index in [4.69, 9.17) is 52.6 Å². The first-order valence-electron chi connectivity index (χ1n) is 2.00. The van der Waals surface area contributed by atoms with Crippen LogP contribution in [-0.2, 0) is 31.2 Å². The fourth-order valence-corrected chi connectivity index (χ4v) is 0. The van der Waals surface area contributed by atoms with Crippen molar-refractivity contribution in [3.63, 3.8) is 0 Å². The Labute approximate surface area is 141 Å². The molecule has 0 aromatic rings. The second-order valence-corrected chi connectivity index (χ2v) is 3.67. The van der Waals surface area contributed by atoms with Gasteiger partial charge in [-0.3, -0.25) is 25.3 Å². The van der Waals surface area contributed by atoms with Gasteiger partial charge in [0.25, 0.3) is 0 Å². The first-order valence-corrected chi connectivity index (χ1v) is 6.00. The minimum Gasteiger partial charge on any atom is -0.759 e. The Morgan fingerprint density at radius 3 is 0.412 bits per heavy atom. The zero-order valence-corrected chi connectivity index (χ0v) is 14.6. The molecule has 96 valence electrons. The zero-order valence-electron chi connectivity index (χ0n) is 8.12. The minimum atomic E-state index is -5.17. The third-order valence-electron chi connectivity index (χ3n) is 0. The maximum absolute atomic E-state index is 8.52. The summed E-state index contributed by atoms with van der Waals surface area (Å²) in [4.78, 5) is 0. The van der Waals surface area contributed by atoms with Crippen LogP contribution in [0.2, 0.25) is 0 Å². The molecule has 12 nitrogen and oxygen atoms in total. The van der Waals surface area contributed by atoms with Crippen molar-refractivity contribution in [1.82, 2.24) is 0 Å². The van der Waals surface area contributed by atoms with E-state index in [-0.39, 0.29) is 59.1 Å². The fourth-order valence-electron chi connectivity index (χ4n) is 0. The molecule has 0 aromatic heterocycles. The summed E-state index contributed by atoms with van der Waals surface area (Å²) in [5.74, 6) is 0. The first kappa shape index (κ1) is 31.2. The molecule has 0 atom stereocenters. The largest absolute Gasteiger partial charge is 1.00 e. The van der Waals surface area contributed by atoms with Gasteiger partial charge in [-0.25, -0.2) is 0 Å². The maximum Gasteiger partial charge on any atom is 1.00 e. The molecule has 0 fully saturated rings. The van der Waals surface area contributed by atoms with Crippen LogP contribution in [0, 0.1) is 0 Å². The molecule has 0 spiro atoms. The Morgan fingerprint density at radius 2 is 0.412 bits per heavy atom. The summed E-state index contributed by atoms with van der Waals surface area (Å²) >= 11 is 0. The van der Waals surface area contributed by atoms with Crippen molar-refractivity contribution in [2.24, 2.45) is 0 Å². The van der Waals surface area contributed by atoms with Crippen LogP contribution in [0.25, 0.3) is 0 Å². The van der Waals surface area contributed by atoms with Gasteiger partial charge in [0, 0.05) is 31.2 Å². The Kier molecular flexibility index (Phi) is 23.2. The van der Waals surface area contributed by atoms with Crippen LogP contribution in [0.4, 0.5) is 0 Å². The van der Waals surface area contributed by atoms with Crippen molar-refractivity contribution in [2.75, 3.05) is 0 Å². The van der Waals surface area contributed by atoms with Crippen molar-refractivity contribution in [3.05, 3.63) is 0 Å². The monoisotopic (exact) mass is 334 g/mol. The SMILES string of the molecule is O=S(=O)([O-])[O-].O=S(=O)([O-])[O-].O=S(=O)([O-])[O-].[Na+].[Na+]. The number of hydrogen-bond donors (Lipinski definition) is 0. The molecule has 0 aliphatic heterocycles. The zero-order chi connectivity index (χ0) is 13.5. The summed E-state index contributed by atoms with van der Waals surface area (Å²) in [5.41, 5.74) is 0. The van der Waals surface area contributed by atoms with E-state index in [2.05, 4.69) is 0 Å². The number of rotatable bonds is 0. The Hall–Kier alpha value is 1.61. The van der Waals surface area contributed by atoms with Crippen molar-refractivity contribution in [1.29, 1.82) is 0 Å². The Balaban J connectivity index is -0.0000000400. The fraction of sp³-hybridized carbons (Fsp3) is 0. The third-order valence-corrected chi connectivity index (χ3v) is 0. The van der Waals surface area contributed by atoms with Gasteiger partial charge in [0.15, 0.2) is 0 Å². The molecule has 0 unspecified atom stereocenters. The first-order chi connectivity index (χ1) is 6.00. The summed E-state index contributed by atoms with van der Waals surface area (Å²) in [7, 11) is -15.5. The normalized spacial score (nSPS) is 10.2. The molecule has 0 rings (SSSR count). The average Bonchev–Trinajstić information content (AvgIpc) is 1.41. The molecule has 0 heterocycles.